The van der Waals surface area contributed by atoms with Gasteiger partial charge in [0.15, 0.2) is 11.5 Å². The molecule has 4 unspecified atom stereocenters. The molecule has 0 amide bonds. The Morgan fingerprint density at radius 2 is 1.65 bits per heavy atom. The number of allylic oxidation sites excluding steroid dienone is 1. The quantitative estimate of drug-likeness (QED) is 0.203. The largest absolute Gasteiger partial charge is 0.386 e. The molecule has 0 radical (unpaired) electrons. The van der Waals surface area contributed by atoms with Crippen LogP contribution >= 0.6 is 11.8 Å². The summed E-state index contributed by atoms with van der Waals surface area (Å²) in [6.45, 7) is 8.58. The van der Waals surface area contributed by atoms with Crippen LogP contribution in [-0.2, 0) is 9.47 Å². The van der Waals surface area contributed by atoms with Crippen LogP contribution in [0.25, 0.3) is 0 Å². The van der Waals surface area contributed by atoms with Crippen LogP contribution in [0.3, 0.4) is 0 Å². The van der Waals surface area contributed by atoms with Gasteiger partial charge in [-0.3, -0.25) is 0 Å². The van der Waals surface area contributed by atoms with Gasteiger partial charge in [0.2, 0.25) is 0 Å². The molecule has 238 valence electrons. The van der Waals surface area contributed by atoms with Crippen LogP contribution in [0.2, 0.25) is 0 Å². The molecule has 1 heterocycles. The minimum atomic E-state index is -3.72. The molecule has 1 spiro atoms. The molecular weight excluding hydrogens is 575 g/mol. The summed E-state index contributed by atoms with van der Waals surface area (Å²) in [6.07, 6.45) is 5.44. The van der Waals surface area contributed by atoms with E-state index in [9.17, 15) is 18.8 Å². The van der Waals surface area contributed by atoms with Gasteiger partial charge in [0, 0.05) is 41.4 Å². The number of halogens is 3. The van der Waals surface area contributed by atoms with Gasteiger partial charge in [0.1, 0.15) is 11.1 Å². The van der Waals surface area contributed by atoms with Crippen molar-refractivity contribution in [3.63, 3.8) is 0 Å². The summed E-state index contributed by atoms with van der Waals surface area (Å²) in [6, 6.07) is 8.22. The fourth-order valence-corrected chi connectivity index (χ4v) is 10.1. The van der Waals surface area contributed by atoms with E-state index in [1.54, 1.807) is 11.8 Å². The van der Waals surface area contributed by atoms with Gasteiger partial charge in [-0.05, 0) is 86.8 Å². The van der Waals surface area contributed by atoms with Crippen LogP contribution in [0, 0.1) is 27.6 Å². The third kappa shape index (κ3) is 4.52. The summed E-state index contributed by atoms with van der Waals surface area (Å²) in [4.78, 5) is 14.0. The smallest absolute Gasteiger partial charge is 0.281 e. The average Bonchev–Trinajstić information content (AvgIpc) is 3.25. The van der Waals surface area contributed by atoms with Crippen molar-refractivity contribution in [3.8, 4) is 0 Å². The van der Waals surface area contributed by atoms with E-state index in [4.69, 9.17) is 9.47 Å². The van der Waals surface area contributed by atoms with Gasteiger partial charge in [0.05, 0.1) is 13.2 Å². The normalized spacial score (nSPS) is 39.9. The molecule has 4 fully saturated rings. The molecule has 1 aromatic rings. The summed E-state index contributed by atoms with van der Waals surface area (Å²) in [5, 5.41) is 16.0. The Morgan fingerprint density at radius 1 is 1.00 bits per heavy atom. The lowest BCUT2D eigenvalue weighted by Gasteiger charge is -2.59. The Hall–Kier alpha value is -1.42. The van der Waals surface area contributed by atoms with E-state index in [0.29, 0.717) is 65.1 Å². The third-order valence-electron chi connectivity index (χ3n) is 12.3. The highest BCUT2D eigenvalue weighted by molar-refractivity contribution is 7.98. The Balaban J connectivity index is 1.48. The van der Waals surface area contributed by atoms with Gasteiger partial charge >= 0.3 is 0 Å². The van der Waals surface area contributed by atoms with Crippen molar-refractivity contribution in [3.05, 3.63) is 45.9 Å². The second kappa shape index (κ2) is 10.0. The van der Waals surface area contributed by atoms with Crippen LogP contribution in [-0.4, -0.2) is 53.1 Å². The van der Waals surface area contributed by atoms with E-state index in [1.807, 2.05) is 25.3 Å². The highest BCUT2D eigenvalue weighted by Crippen LogP contribution is 2.71. The minimum Gasteiger partial charge on any atom is -0.386 e. The number of ether oxygens (including phenoxy) is 2. The molecule has 7 atom stereocenters. The Morgan fingerprint density at radius 3 is 2.23 bits per heavy atom. The van der Waals surface area contributed by atoms with Crippen molar-refractivity contribution in [1.82, 2.24) is 0 Å². The van der Waals surface area contributed by atoms with Crippen LogP contribution in [0.1, 0.15) is 97.5 Å². The maximum Gasteiger partial charge on any atom is 0.281 e. The predicted octanol–water partition coefficient (Wildman–Crippen LogP) is 8.59. The van der Waals surface area contributed by atoms with Gasteiger partial charge in [-0.1, -0.05) is 43.7 Å². The van der Waals surface area contributed by atoms with E-state index in [1.165, 1.54) is 0 Å². The molecular formula is C34H46F3NO4S. The summed E-state index contributed by atoms with van der Waals surface area (Å²) in [5.74, 6) is -5.09. The lowest BCUT2D eigenvalue weighted by atomic mass is 9.48. The molecule has 5 nitrogen and oxygen atoms in total. The number of benzene rings is 1. The van der Waals surface area contributed by atoms with E-state index < -0.39 is 33.9 Å². The summed E-state index contributed by atoms with van der Waals surface area (Å²) >= 11 is 1.63. The van der Waals surface area contributed by atoms with Crippen molar-refractivity contribution in [1.29, 1.82) is 0 Å². The lowest BCUT2D eigenvalue weighted by molar-refractivity contribution is -0.313. The van der Waals surface area contributed by atoms with Crippen LogP contribution in [0.4, 0.5) is 13.2 Å². The van der Waals surface area contributed by atoms with E-state index >= 15 is 4.39 Å². The fraction of sp³-hybridized carbons (Fsp3) is 0.765. The predicted molar refractivity (Wildman–Crippen MR) is 162 cm³/mol. The zero-order valence-corrected chi connectivity index (χ0v) is 27.1. The van der Waals surface area contributed by atoms with Crippen molar-refractivity contribution < 1.29 is 27.8 Å². The van der Waals surface area contributed by atoms with E-state index in [-0.39, 0.29) is 29.6 Å². The third-order valence-corrected chi connectivity index (χ3v) is 13.1. The number of hydrogen-bond acceptors (Lipinski definition) is 6. The van der Waals surface area contributed by atoms with Crippen molar-refractivity contribution >= 4 is 11.8 Å². The number of alkyl halides is 3. The second-order valence-corrected chi connectivity index (χ2v) is 16.3. The highest BCUT2D eigenvalue weighted by Gasteiger charge is 2.74. The van der Waals surface area contributed by atoms with Crippen molar-refractivity contribution in [2.45, 2.75) is 125 Å². The topological polar surface area (TPSA) is 68.1 Å². The molecule has 1 N–H and O–H groups in total. The summed E-state index contributed by atoms with van der Waals surface area (Å²) in [5.41, 5.74) is -4.31. The van der Waals surface area contributed by atoms with Gasteiger partial charge in [0.25, 0.3) is 5.92 Å². The zero-order chi connectivity index (χ0) is 31.3. The Labute approximate surface area is 257 Å². The number of nitroso groups, excluding NO2 is 1. The monoisotopic (exact) mass is 621 g/mol. The van der Waals surface area contributed by atoms with Crippen molar-refractivity contribution in [2.75, 3.05) is 19.5 Å². The van der Waals surface area contributed by atoms with Crippen LogP contribution < -0.4 is 0 Å². The molecule has 3 saturated carbocycles. The lowest BCUT2D eigenvalue weighted by Crippen LogP contribution is -2.66. The number of aliphatic hydroxyl groups is 1. The van der Waals surface area contributed by atoms with Crippen molar-refractivity contribution in [2.24, 2.45) is 27.8 Å². The van der Waals surface area contributed by atoms with Gasteiger partial charge in [-0.25, -0.2) is 13.2 Å². The van der Waals surface area contributed by atoms with Gasteiger partial charge in [-0.2, -0.15) is 0 Å². The Kier molecular flexibility index (Phi) is 7.37. The maximum atomic E-state index is 16.3. The molecule has 43 heavy (non-hydrogen) atoms. The number of thioether (sulfide) groups is 1. The minimum absolute atomic E-state index is 0.0283. The molecule has 6 rings (SSSR count). The molecule has 1 saturated heterocycles. The number of hydrogen-bond donors (Lipinski definition) is 1. The average molecular weight is 622 g/mol. The number of rotatable bonds is 5. The number of fused-ring (bicyclic) bond motifs is 4. The van der Waals surface area contributed by atoms with Gasteiger partial charge in [-0.15, -0.1) is 16.7 Å². The first-order valence-electron chi connectivity index (χ1n) is 15.8. The molecule has 0 aromatic heterocycles. The summed E-state index contributed by atoms with van der Waals surface area (Å²) in [7, 11) is 0. The van der Waals surface area contributed by atoms with Crippen LogP contribution in [0.15, 0.2) is 45.5 Å². The molecule has 1 aliphatic heterocycles. The molecule has 9 heteroatoms. The second-order valence-electron chi connectivity index (χ2n) is 15.4. The molecule has 0 bridgehead atoms. The van der Waals surface area contributed by atoms with E-state index in [2.05, 4.69) is 31.2 Å². The van der Waals surface area contributed by atoms with E-state index in [0.717, 1.165) is 28.5 Å². The first kappa shape index (κ1) is 31.6. The molecule has 4 aliphatic carbocycles. The van der Waals surface area contributed by atoms with Crippen LogP contribution in [0.5, 0.6) is 0 Å². The fourth-order valence-electron chi connectivity index (χ4n) is 9.66. The first-order valence-corrected chi connectivity index (χ1v) is 17.0. The molecule has 1 aromatic carbocycles. The number of nitrogens with zero attached hydrogens (tertiary/aromatic N) is 1. The SMILES string of the molecule is CSc1ccc([C@H]2CC3(C)C(CC[C@@]3(O)C(C)(F)C(C)(F)F)C3CC[C@@]4(N=O)CC5(CCC4=C32)OCC(C)(C)CO5)cc1. The summed E-state index contributed by atoms with van der Waals surface area (Å²) < 4.78 is 58.8. The van der Waals surface area contributed by atoms with Gasteiger partial charge < -0.3 is 14.6 Å². The zero-order valence-electron chi connectivity index (χ0n) is 26.3. The highest BCUT2D eigenvalue weighted by atomic mass is 32.2. The maximum absolute atomic E-state index is 16.3. The standard InChI is InChI=1S/C34H46F3NO4S/c1-28(2)19-41-33(42-20-28)15-12-26-27-23(11-14-32(26,18-33)38-40)25-13-16-34(39,30(4,35)31(5,36)37)29(25,3)17-24(27)21-7-9-22(43-6)10-8-21/h7-10,23-25,39H,11-20H2,1-6H3/t23?,24-,25?,29?,30?,32-,34+/m1/s1. The Bertz CT molecular complexity index is 1300. The molecule has 5 aliphatic rings. The first-order chi connectivity index (χ1) is 20.0.